The number of carbonyl (C=O) groups is 1. The highest BCUT2D eigenvalue weighted by molar-refractivity contribution is 5.82. The van der Waals surface area contributed by atoms with E-state index in [0.29, 0.717) is 23.2 Å². The van der Waals surface area contributed by atoms with Crippen LogP contribution in [0.2, 0.25) is 0 Å². The number of ether oxygens (including phenoxy) is 3. The summed E-state index contributed by atoms with van der Waals surface area (Å²) in [5.74, 6) is 2.61. The van der Waals surface area contributed by atoms with Gasteiger partial charge in [0.2, 0.25) is 0 Å². The lowest BCUT2D eigenvalue weighted by Gasteiger charge is -2.47. The molecule has 188 valence electrons. The Morgan fingerprint density at radius 1 is 1.09 bits per heavy atom. The van der Waals surface area contributed by atoms with Gasteiger partial charge in [-0.2, -0.15) is 0 Å². The van der Waals surface area contributed by atoms with Crippen LogP contribution in [-0.2, 0) is 19.0 Å². The molecular formula is C27H44O6. The van der Waals surface area contributed by atoms with Crippen molar-refractivity contribution in [3.05, 3.63) is 11.6 Å². The summed E-state index contributed by atoms with van der Waals surface area (Å²) in [4.78, 5) is 12.5. The Balaban J connectivity index is 1.57. The van der Waals surface area contributed by atoms with Gasteiger partial charge in [0.1, 0.15) is 12.2 Å². The monoisotopic (exact) mass is 464 g/mol. The largest absolute Gasteiger partial charge is 0.451 e. The Morgan fingerprint density at radius 3 is 2.45 bits per heavy atom. The van der Waals surface area contributed by atoms with E-state index < -0.39 is 42.3 Å². The summed E-state index contributed by atoms with van der Waals surface area (Å²) in [6.45, 7) is 14.9. The summed E-state index contributed by atoms with van der Waals surface area (Å²) in [6.07, 6.45) is 1.52. The Hall–Kier alpha value is -0.950. The fourth-order valence-electron chi connectivity index (χ4n) is 7.38. The van der Waals surface area contributed by atoms with Gasteiger partial charge in [0.25, 0.3) is 0 Å². The molecule has 11 atom stereocenters. The van der Waals surface area contributed by atoms with E-state index in [1.807, 2.05) is 13.8 Å². The first-order chi connectivity index (χ1) is 15.4. The number of fused-ring (bicyclic) bond motifs is 3. The van der Waals surface area contributed by atoms with Crippen molar-refractivity contribution in [3.63, 3.8) is 0 Å². The standard InChI is InChI=1S/C27H44O6/c1-8-14(2)13-19(28)32-24-23(30)22(29)16(4)31-25(24)33-27(7)12-11-18-21(26(18,5)6)20-15(3)9-10-17(20)27/h13,15-18,20-25,29-30H,8-12H2,1-7H3/b14-13+/t15?,16-,17?,18?,20?,21?,22+,23+,24-,25+,27?/m0/s1. The van der Waals surface area contributed by atoms with E-state index in [2.05, 4.69) is 27.7 Å². The van der Waals surface area contributed by atoms with E-state index in [1.54, 1.807) is 6.92 Å². The molecule has 33 heavy (non-hydrogen) atoms. The molecule has 0 aromatic heterocycles. The van der Waals surface area contributed by atoms with Gasteiger partial charge in [0.05, 0.1) is 11.7 Å². The average Bonchev–Trinajstić information content (AvgIpc) is 3.12. The van der Waals surface area contributed by atoms with Crippen LogP contribution in [0.15, 0.2) is 11.6 Å². The first-order valence-corrected chi connectivity index (χ1v) is 13.0. The summed E-state index contributed by atoms with van der Waals surface area (Å²) in [5, 5.41) is 21.3. The zero-order chi connectivity index (χ0) is 24.3. The first-order valence-electron chi connectivity index (χ1n) is 13.0. The molecule has 3 aliphatic carbocycles. The zero-order valence-corrected chi connectivity index (χ0v) is 21.4. The number of rotatable bonds is 5. The van der Waals surface area contributed by atoms with Crippen molar-refractivity contribution in [2.75, 3.05) is 0 Å². The number of hydrogen-bond acceptors (Lipinski definition) is 6. The first kappa shape index (κ1) is 25.2. The minimum atomic E-state index is -1.27. The third-order valence-corrected chi connectivity index (χ3v) is 9.69. The lowest BCUT2D eigenvalue weighted by molar-refractivity contribution is -0.328. The van der Waals surface area contributed by atoms with Gasteiger partial charge >= 0.3 is 5.97 Å². The van der Waals surface area contributed by atoms with Gasteiger partial charge in [0.15, 0.2) is 12.4 Å². The van der Waals surface area contributed by atoms with Crippen LogP contribution in [0.25, 0.3) is 0 Å². The second-order valence-electron chi connectivity index (χ2n) is 12.1. The van der Waals surface area contributed by atoms with Gasteiger partial charge in [-0.3, -0.25) is 0 Å². The van der Waals surface area contributed by atoms with Crippen LogP contribution in [0.1, 0.15) is 80.6 Å². The number of carbonyl (C=O) groups excluding carboxylic acids is 1. The molecule has 4 fully saturated rings. The average molecular weight is 465 g/mol. The minimum absolute atomic E-state index is 0.403. The third kappa shape index (κ3) is 4.41. The van der Waals surface area contributed by atoms with E-state index in [9.17, 15) is 15.0 Å². The smallest absolute Gasteiger partial charge is 0.331 e. The molecule has 6 heteroatoms. The van der Waals surface area contributed by atoms with Crippen molar-refractivity contribution in [3.8, 4) is 0 Å². The zero-order valence-electron chi connectivity index (χ0n) is 21.4. The van der Waals surface area contributed by atoms with E-state index in [0.717, 1.165) is 43.1 Å². The molecule has 1 saturated heterocycles. The summed E-state index contributed by atoms with van der Waals surface area (Å²) in [7, 11) is 0. The molecule has 0 radical (unpaired) electrons. The van der Waals surface area contributed by atoms with Gasteiger partial charge in [-0.15, -0.1) is 0 Å². The fourth-order valence-corrected chi connectivity index (χ4v) is 7.38. The highest BCUT2D eigenvalue weighted by atomic mass is 16.7. The van der Waals surface area contributed by atoms with Crippen LogP contribution in [0.3, 0.4) is 0 Å². The fraction of sp³-hybridized carbons (Fsp3) is 0.889. The number of hydrogen-bond donors (Lipinski definition) is 2. The summed E-state index contributed by atoms with van der Waals surface area (Å²) in [5.41, 5.74) is 0.865. The van der Waals surface area contributed by atoms with E-state index in [1.165, 1.54) is 12.5 Å². The maximum atomic E-state index is 12.5. The molecular weight excluding hydrogens is 420 g/mol. The molecule has 0 aromatic carbocycles. The molecule has 6 nitrogen and oxygen atoms in total. The van der Waals surface area contributed by atoms with Crippen molar-refractivity contribution < 1.29 is 29.2 Å². The maximum absolute atomic E-state index is 12.5. The Labute approximate surface area is 199 Å². The van der Waals surface area contributed by atoms with Crippen molar-refractivity contribution in [2.45, 2.75) is 117 Å². The number of esters is 1. The number of aliphatic hydroxyl groups is 2. The molecule has 3 saturated carbocycles. The Morgan fingerprint density at radius 2 is 1.79 bits per heavy atom. The van der Waals surface area contributed by atoms with E-state index in [4.69, 9.17) is 14.2 Å². The normalized spacial score (nSPS) is 49.1. The van der Waals surface area contributed by atoms with Crippen LogP contribution in [0, 0.1) is 35.0 Å². The van der Waals surface area contributed by atoms with Gasteiger partial charge in [-0.05, 0) is 81.5 Å². The van der Waals surface area contributed by atoms with Gasteiger partial charge < -0.3 is 24.4 Å². The highest BCUT2D eigenvalue weighted by Gasteiger charge is 2.67. The second-order valence-corrected chi connectivity index (χ2v) is 12.1. The Kier molecular flexibility index (Phi) is 6.80. The number of allylic oxidation sites excluding steroid dienone is 1. The molecule has 0 aromatic rings. The topological polar surface area (TPSA) is 85.2 Å². The van der Waals surface area contributed by atoms with Gasteiger partial charge in [-0.25, -0.2) is 4.79 Å². The van der Waals surface area contributed by atoms with Crippen molar-refractivity contribution in [1.82, 2.24) is 0 Å². The molecule has 2 N–H and O–H groups in total. The molecule has 1 heterocycles. The molecule has 6 unspecified atom stereocenters. The maximum Gasteiger partial charge on any atom is 0.331 e. The van der Waals surface area contributed by atoms with E-state index >= 15 is 0 Å². The molecule has 0 bridgehead atoms. The summed E-state index contributed by atoms with van der Waals surface area (Å²) < 4.78 is 18.4. The highest BCUT2D eigenvalue weighted by Crippen LogP contribution is 2.71. The van der Waals surface area contributed by atoms with Crippen molar-refractivity contribution in [1.29, 1.82) is 0 Å². The second kappa shape index (κ2) is 8.92. The predicted octanol–water partition coefficient (Wildman–Crippen LogP) is 4.22. The SMILES string of the molecule is CC/C(C)=C/C(=O)O[C@@H]1[C@@H](OC2(C)CCC3C(C4C(C)CCC42)C3(C)C)O[C@@H](C)[C@@H](O)[C@H]1O. The summed E-state index contributed by atoms with van der Waals surface area (Å²) in [6, 6.07) is 0. The molecule has 4 aliphatic rings. The van der Waals surface area contributed by atoms with Crippen molar-refractivity contribution in [2.24, 2.45) is 35.0 Å². The lowest BCUT2D eigenvalue weighted by atomic mass is 9.74. The molecule has 1 aliphatic heterocycles. The lowest BCUT2D eigenvalue weighted by Crippen LogP contribution is -2.61. The predicted molar refractivity (Wildman–Crippen MR) is 125 cm³/mol. The third-order valence-electron chi connectivity index (χ3n) is 9.69. The molecule has 4 rings (SSSR count). The van der Waals surface area contributed by atoms with E-state index in [-0.39, 0.29) is 0 Å². The van der Waals surface area contributed by atoms with Crippen molar-refractivity contribution >= 4 is 5.97 Å². The molecule has 0 amide bonds. The number of aliphatic hydroxyl groups excluding tert-OH is 2. The Bertz CT molecular complexity index is 777. The molecule has 0 spiro atoms. The van der Waals surface area contributed by atoms with Gasteiger partial charge in [0, 0.05) is 6.08 Å². The quantitative estimate of drug-likeness (QED) is 0.468. The summed E-state index contributed by atoms with van der Waals surface area (Å²) >= 11 is 0. The van der Waals surface area contributed by atoms with Gasteiger partial charge in [-0.1, -0.05) is 39.7 Å². The van der Waals surface area contributed by atoms with Crippen LogP contribution in [0.5, 0.6) is 0 Å². The van der Waals surface area contributed by atoms with Crippen LogP contribution < -0.4 is 0 Å². The van der Waals surface area contributed by atoms with Crippen LogP contribution >= 0.6 is 0 Å². The van der Waals surface area contributed by atoms with Crippen LogP contribution in [-0.4, -0.2) is 52.5 Å². The van der Waals surface area contributed by atoms with Crippen LogP contribution in [0.4, 0.5) is 0 Å². The minimum Gasteiger partial charge on any atom is -0.451 e.